The molecular weight excluding hydrogens is 244 g/mol. The Kier molecular flexibility index (Phi) is 6.48. The van der Waals surface area contributed by atoms with E-state index in [-0.39, 0.29) is 5.60 Å². The number of hydrogen-bond acceptors (Lipinski definition) is 1. The van der Waals surface area contributed by atoms with Gasteiger partial charge in [-0.05, 0) is 50.2 Å². The van der Waals surface area contributed by atoms with Crippen molar-refractivity contribution in [3.05, 3.63) is 41.5 Å². The molecule has 1 nitrogen and oxygen atoms in total. The fraction of sp³-hybridized carbons (Fsp3) is 0.579. The van der Waals surface area contributed by atoms with Crippen molar-refractivity contribution in [1.29, 1.82) is 0 Å². The minimum absolute atomic E-state index is 0.0381. The van der Waals surface area contributed by atoms with E-state index in [1.165, 1.54) is 11.1 Å². The molecule has 0 aliphatic rings. The van der Waals surface area contributed by atoms with Crippen molar-refractivity contribution in [2.45, 2.75) is 59.5 Å². The van der Waals surface area contributed by atoms with Crippen molar-refractivity contribution >= 4 is 6.08 Å². The number of allylic oxidation sites excluding steroid dienone is 1. The molecule has 0 fully saturated rings. The molecule has 0 heterocycles. The van der Waals surface area contributed by atoms with Gasteiger partial charge in [0.05, 0.1) is 12.2 Å². The van der Waals surface area contributed by atoms with Gasteiger partial charge in [0.1, 0.15) is 0 Å². The zero-order chi connectivity index (χ0) is 15.2. The molecule has 112 valence electrons. The van der Waals surface area contributed by atoms with E-state index >= 15 is 0 Å². The first-order valence-electron chi connectivity index (χ1n) is 7.68. The van der Waals surface area contributed by atoms with Crippen LogP contribution in [0.15, 0.2) is 30.3 Å². The summed E-state index contributed by atoms with van der Waals surface area (Å²) in [6.07, 6.45) is 5.54. The first kappa shape index (κ1) is 17.0. The van der Waals surface area contributed by atoms with E-state index in [0.29, 0.717) is 11.8 Å². The Bertz CT molecular complexity index is 424. The minimum atomic E-state index is -0.0381. The molecular formula is C19H30O. The summed E-state index contributed by atoms with van der Waals surface area (Å²) in [6, 6.07) is 8.78. The second kappa shape index (κ2) is 7.64. The number of ether oxygens (including phenoxy) is 1. The summed E-state index contributed by atoms with van der Waals surface area (Å²) >= 11 is 0. The highest BCUT2D eigenvalue weighted by Crippen LogP contribution is 2.17. The highest BCUT2D eigenvalue weighted by molar-refractivity contribution is 5.50. The molecule has 1 aromatic rings. The molecule has 0 aliphatic heterocycles. The first-order valence-corrected chi connectivity index (χ1v) is 7.68. The lowest BCUT2D eigenvalue weighted by Crippen LogP contribution is -2.22. The van der Waals surface area contributed by atoms with Crippen molar-refractivity contribution in [2.75, 3.05) is 6.61 Å². The van der Waals surface area contributed by atoms with E-state index in [4.69, 9.17) is 4.74 Å². The standard InChI is InChI=1S/C19H30O/c1-15(2)18-12-8-11-17(13-18)10-7-9-16(3)14-20-19(4,5)6/h7-8,10-13,15-16H,9,14H2,1-6H3/b10-7+/t16-/m1/s1. The monoisotopic (exact) mass is 274 g/mol. The van der Waals surface area contributed by atoms with Crippen LogP contribution in [-0.2, 0) is 4.74 Å². The molecule has 0 radical (unpaired) electrons. The van der Waals surface area contributed by atoms with Crippen LogP contribution < -0.4 is 0 Å². The summed E-state index contributed by atoms with van der Waals surface area (Å²) < 4.78 is 5.81. The molecule has 1 heteroatoms. The average molecular weight is 274 g/mol. The molecule has 0 unspecified atom stereocenters. The molecule has 0 aromatic heterocycles. The van der Waals surface area contributed by atoms with Crippen LogP contribution in [0.3, 0.4) is 0 Å². The largest absolute Gasteiger partial charge is 0.376 e. The van der Waals surface area contributed by atoms with Crippen molar-refractivity contribution in [3.63, 3.8) is 0 Å². The van der Waals surface area contributed by atoms with E-state index in [0.717, 1.165) is 13.0 Å². The van der Waals surface area contributed by atoms with E-state index in [1.54, 1.807) is 0 Å². The Morgan fingerprint density at radius 3 is 2.45 bits per heavy atom. The predicted octanol–water partition coefficient (Wildman–Crippen LogP) is 5.66. The maximum absolute atomic E-state index is 5.81. The second-order valence-corrected chi connectivity index (χ2v) is 6.99. The van der Waals surface area contributed by atoms with Gasteiger partial charge in [-0.1, -0.05) is 57.2 Å². The molecule has 0 N–H and O–H groups in total. The van der Waals surface area contributed by atoms with Gasteiger partial charge in [-0.2, -0.15) is 0 Å². The summed E-state index contributed by atoms with van der Waals surface area (Å²) in [5.74, 6) is 1.14. The van der Waals surface area contributed by atoms with E-state index in [2.05, 4.69) is 78.0 Å². The highest BCUT2D eigenvalue weighted by Gasteiger charge is 2.11. The Hall–Kier alpha value is -1.08. The Balaban J connectivity index is 2.46. The zero-order valence-corrected chi connectivity index (χ0v) is 13.9. The van der Waals surface area contributed by atoms with Gasteiger partial charge in [-0.3, -0.25) is 0 Å². The smallest absolute Gasteiger partial charge is 0.0598 e. The third kappa shape index (κ3) is 6.91. The molecule has 0 spiro atoms. The van der Waals surface area contributed by atoms with Crippen molar-refractivity contribution in [1.82, 2.24) is 0 Å². The number of hydrogen-bond donors (Lipinski definition) is 0. The Morgan fingerprint density at radius 2 is 1.85 bits per heavy atom. The second-order valence-electron chi connectivity index (χ2n) is 6.99. The van der Waals surface area contributed by atoms with Crippen LogP contribution in [0.1, 0.15) is 65.0 Å². The van der Waals surface area contributed by atoms with E-state index in [9.17, 15) is 0 Å². The molecule has 0 aliphatic carbocycles. The van der Waals surface area contributed by atoms with E-state index in [1.807, 2.05) is 0 Å². The molecule has 0 bridgehead atoms. The van der Waals surface area contributed by atoms with Gasteiger partial charge in [0.25, 0.3) is 0 Å². The predicted molar refractivity (Wildman–Crippen MR) is 89.1 cm³/mol. The van der Waals surface area contributed by atoms with E-state index < -0.39 is 0 Å². The van der Waals surface area contributed by atoms with Crippen LogP contribution in [0.4, 0.5) is 0 Å². The van der Waals surface area contributed by atoms with Gasteiger partial charge >= 0.3 is 0 Å². The van der Waals surface area contributed by atoms with Gasteiger partial charge in [0, 0.05) is 0 Å². The quantitative estimate of drug-likeness (QED) is 0.650. The van der Waals surface area contributed by atoms with Crippen molar-refractivity contribution < 1.29 is 4.74 Å². The van der Waals surface area contributed by atoms with Gasteiger partial charge in [0.2, 0.25) is 0 Å². The fourth-order valence-corrected chi connectivity index (χ4v) is 1.92. The van der Waals surface area contributed by atoms with Crippen molar-refractivity contribution in [3.8, 4) is 0 Å². The van der Waals surface area contributed by atoms with Gasteiger partial charge in [-0.15, -0.1) is 0 Å². The maximum Gasteiger partial charge on any atom is 0.0598 e. The summed E-state index contributed by atoms with van der Waals surface area (Å²) in [5, 5.41) is 0. The third-order valence-corrected chi connectivity index (χ3v) is 3.23. The summed E-state index contributed by atoms with van der Waals surface area (Å²) in [5.41, 5.74) is 2.65. The van der Waals surface area contributed by atoms with Crippen LogP contribution in [0, 0.1) is 5.92 Å². The number of rotatable bonds is 6. The molecule has 1 atom stereocenters. The van der Waals surface area contributed by atoms with Gasteiger partial charge < -0.3 is 4.74 Å². The Morgan fingerprint density at radius 1 is 1.15 bits per heavy atom. The molecule has 20 heavy (non-hydrogen) atoms. The third-order valence-electron chi connectivity index (χ3n) is 3.23. The summed E-state index contributed by atoms with van der Waals surface area (Å²) in [7, 11) is 0. The fourth-order valence-electron chi connectivity index (χ4n) is 1.92. The first-order chi connectivity index (χ1) is 9.28. The SMILES string of the molecule is CC(C)c1cccc(/C=C/C[C@@H](C)COC(C)(C)C)c1. The lowest BCUT2D eigenvalue weighted by molar-refractivity contribution is -0.0189. The molecule has 1 aromatic carbocycles. The van der Waals surface area contributed by atoms with Crippen LogP contribution in [0.2, 0.25) is 0 Å². The lowest BCUT2D eigenvalue weighted by Gasteiger charge is -2.21. The minimum Gasteiger partial charge on any atom is -0.376 e. The van der Waals surface area contributed by atoms with Crippen LogP contribution >= 0.6 is 0 Å². The van der Waals surface area contributed by atoms with Crippen LogP contribution in [0.5, 0.6) is 0 Å². The van der Waals surface area contributed by atoms with Crippen LogP contribution in [-0.4, -0.2) is 12.2 Å². The molecule has 0 saturated carbocycles. The summed E-state index contributed by atoms with van der Waals surface area (Å²) in [4.78, 5) is 0. The number of benzene rings is 1. The zero-order valence-electron chi connectivity index (χ0n) is 13.9. The molecule has 0 amide bonds. The van der Waals surface area contributed by atoms with Crippen molar-refractivity contribution in [2.24, 2.45) is 5.92 Å². The average Bonchev–Trinajstić information content (AvgIpc) is 2.36. The molecule has 1 rings (SSSR count). The Labute approximate surface area is 125 Å². The van der Waals surface area contributed by atoms with Gasteiger partial charge in [0.15, 0.2) is 0 Å². The lowest BCUT2D eigenvalue weighted by atomic mass is 10.0. The maximum atomic E-state index is 5.81. The van der Waals surface area contributed by atoms with Gasteiger partial charge in [-0.25, -0.2) is 0 Å². The van der Waals surface area contributed by atoms with Crippen LogP contribution in [0.25, 0.3) is 6.08 Å². The molecule has 0 saturated heterocycles. The highest BCUT2D eigenvalue weighted by atomic mass is 16.5. The normalized spacial score (nSPS) is 14.2. The summed E-state index contributed by atoms with van der Waals surface area (Å²) in [6.45, 7) is 13.8. The topological polar surface area (TPSA) is 9.23 Å².